The van der Waals surface area contributed by atoms with E-state index in [9.17, 15) is 14.0 Å². The minimum atomic E-state index is -0.901. The first-order chi connectivity index (χ1) is 16.9. The number of methoxy groups -OCH3 is 1. The number of aromatic nitrogens is 1. The molecule has 35 heavy (non-hydrogen) atoms. The molecule has 1 atom stereocenters. The molecule has 1 unspecified atom stereocenters. The van der Waals surface area contributed by atoms with Crippen molar-refractivity contribution in [3.63, 3.8) is 0 Å². The maximum absolute atomic E-state index is 13.4. The van der Waals surface area contributed by atoms with Gasteiger partial charge in [0.2, 0.25) is 5.91 Å². The fourth-order valence-electron chi connectivity index (χ4n) is 4.21. The first-order valence-corrected chi connectivity index (χ1v) is 11.4. The molecule has 2 aromatic carbocycles. The SMILES string of the molecule is COc1cc(CC(=O)N2CCCC2c2cc(CCC(=O)O)on2)ccc1OCc1cccc(F)c1. The molecule has 0 bridgehead atoms. The van der Waals surface area contributed by atoms with E-state index >= 15 is 0 Å². The Balaban J connectivity index is 1.40. The van der Waals surface area contributed by atoms with Crippen LogP contribution in [0.5, 0.6) is 11.5 Å². The number of aliphatic carboxylic acids is 1. The summed E-state index contributed by atoms with van der Waals surface area (Å²) in [6.07, 6.45) is 2.03. The standard InChI is InChI=1S/C26H27FN2O6/c1-33-24-13-17(7-9-23(24)34-16-18-4-2-5-19(27)12-18)14-25(30)29-11-3-6-22(29)21-15-20(35-28-21)8-10-26(31)32/h2,4-5,7,9,12-13,15,22H,3,6,8,10-11,14,16H2,1H3,(H,31,32). The maximum atomic E-state index is 13.4. The number of hydrogen-bond donors (Lipinski definition) is 1. The second-order valence-electron chi connectivity index (χ2n) is 8.44. The van der Waals surface area contributed by atoms with Crippen LogP contribution in [0.15, 0.2) is 53.1 Å². The zero-order valence-electron chi connectivity index (χ0n) is 19.4. The van der Waals surface area contributed by atoms with Gasteiger partial charge in [0.1, 0.15) is 23.9 Å². The molecule has 1 fully saturated rings. The number of benzene rings is 2. The summed E-state index contributed by atoms with van der Waals surface area (Å²) >= 11 is 0. The number of carbonyl (C=O) groups is 2. The Bertz CT molecular complexity index is 1190. The first kappa shape index (κ1) is 24.3. The van der Waals surface area contributed by atoms with Gasteiger partial charge in [-0.3, -0.25) is 9.59 Å². The summed E-state index contributed by atoms with van der Waals surface area (Å²) < 4.78 is 29.9. The van der Waals surface area contributed by atoms with Crippen LogP contribution in [0, 0.1) is 5.82 Å². The average molecular weight is 483 g/mol. The maximum Gasteiger partial charge on any atom is 0.303 e. The van der Waals surface area contributed by atoms with E-state index in [2.05, 4.69) is 5.16 Å². The number of amides is 1. The number of halogens is 1. The number of likely N-dealkylation sites (tertiary alicyclic amines) is 1. The molecule has 184 valence electrons. The van der Waals surface area contributed by atoms with Crippen LogP contribution in [-0.2, 0) is 29.0 Å². The van der Waals surface area contributed by atoms with E-state index in [1.807, 2.05) is 6.07 Å². The van der Waals surface area contributed by atoms with Gasteiger partial charge in [0.15, 0.2) is 11.5 Å². The van der Waals surface area contributed by atoms with Crippen molar-refractivity contribution in [2.45, 2.75) is 44.8 Å². The van der Waals surface area contributed by atoms with Crippen molar-refractivity contribution in [3.05, 3.63) is 76.9 Å². The molecule has 1 saturated heterocycles. The van der Waals surface area contributed by atoms with Crippen molar-refractivity contribution in [1.82, 2.24) is 10.1 Å². The summed E-state index contributed by atoms with van der Waals surface area (Å²) in [6, 6.07) is 13.1. The van der Waals surface area contributed by atoms with Gasteiger partial charge in [-0.05, 0) is 48.2 Å². The molecule has 3 aromatic rings. The van der Waals surface area contributed by atoms with Crippen molar-refractivity contribution >= 4 is 11.9 Å². The molecule has 8 nitrogen and oxygen atoms in total. The summed E-state index contributed by atoms with van der Waals surface area (Å²) in [5, 5.41) is 12.9. The van der Waals surface area contributed by atoms with E-state index in [1.165, 1.54) is 19.2 Å². The van der Waals surface area contributed by atoms with Crippen molar-refractivity contribution in [3.8, 4) is 11.5 Å². The monoisotopic (exact) mass is 482 g/mol. The van der Waals surface area contributed by atoms with Gasteiger partial charge >= 0.3 is 5.97 Å². The van der Waals surface area contributed by atoms with Gasteiger partial charge in [-0.25, -0.2) is 4.39 Å². The van der Waals surface area contributed by atoms with Crippen molar-refractivity contribution in [2.75, 3.05) is 13.7 Å². The molecular weight excluding hydrogens is 455 g/mol. The molecule has 0 radical (unpaired) electrons. The lowest BCUT2D eigenvalue weighted by Gasteiger charge is -2.23. The third kappa shape index (κ3) is 6.17. The van der Waals surface area contributed by atoms with Crippen LogP contribution in [0.25, 0.3) is 0 Å². The summed E-state index contributed by atoms with van der Waals surface area (Å²) in [5.41, 5.74) is 2.12. The summed E-state index contributed by atoms with van der Waals surface area (Å²) in [7, 11) is 1.53. The van der Waals surface area contributed by atoms with Crippen LogP contribution in [-0.4, -0.2) is 40.7 Å². The smallest absolute Gasteiger partial charge is 0.303 e. The fourth-order valence-corrected chi connectivity index (χ4v) is 4.21. The third-order valence-corrected chi connectivity index (χ3v) is 5.94. The highest BCUT2D eigenvalue weighted by atomic mass is 19.1. The van der Waals surface area contributed by atoms with Crippen LogP contribution in [0.4, 0.5) is 4.39 Å². The predicted octanol–water partition coefficient (Wildman–Crippen LogP) is 4.32. The Hall–Kier alpha value is -3.88. The van der Waals surface area contributed by atoms with E-state index in [4.69, 9.17) is 19.1 Å². The summed E-state index contributed by atoms with van der Waals surface area (Å²) in [5.74, 6) is 0.224. The Kier molecular flexibility index (Phi) is 7.64. The van der Waals surface area contributed by atoms with Gasteiger partial charge in [-0.15, -0.1) is 0 Å². The second-order valence-corrected chi connectivity index (χ2v) is 8.44. The van der Waals surface area contributed by atoms with Gasteiger partial charge in [0.05, 0.1) is 26.0 Å². The normalized spacial score (nSPS) is 15.3. The zero-order valence-corrected chi connectivity index (χ0v) is 19.4. The van der Waals surface area contributed by atoms with Crippen LogP contribution in [0.1, 0.15) is 47.9 Å². The minimum absolute atomic E-state index is 0.0360. The van der Waals surface area contributed by atoms with Crippen molar-refractivity contribution < 1.29 is 33.1 Å². The van der Waals surface area contributed by atoms with Gasteiger partial charge in [0, 0.05) is 19.0 Å². The van der Waals surface area contributed by atoms with Gasteiger partial charge in [0.25, 0.3) is 0 Å². The number of aryl methyl sites for hydroxylation is 1. The van der Waals surface area contributed by atoms with E-state index in [0.29, 0.717) is 35.1 Å². The molecule has 1 amide bonds. The number of carboxylic acids is 1. The van der Waals surface area contributed by atoms with Crippen molar-refractivity contribution in [1.29, 1.82) is 0 Å². The summed E-state index contributed by atoms with van der Waals surface area (Å²) in [6.45, 7) is 0.806. The van der Waals surface area contributed by atoms with Crippen LogP contribution >= 0.6 is 0 Å². The number of nitrogens with zero attached hydrogens (tertiary/aromatic N) is 2. The van der Waals surface area contributed by atoms with E-state index in [-0.39, 0.29) is 43.6 Å². The molecule has 1 aliphatic heterocycles. The topological polar surface area (TPSA) is 102 Å². The lowest BCUT2D eigenvalue weighted by molar-refractivity contribution is -0.137. The minimum Gasteiger partial charge on any atom is -0.493 e. The zero-order chi connectivity index (χ0) is 24.8. The fraction of sp³-hybridized carbons (Fsp3) is 0.346. The third-order valence-electron chi connectivity index (χ3n) is 5.94. The highest BCUT2D eigenvalue weighted by Crippen LogP contribution is 2.33. The lowest BCUT2D eigenvalue weighted by atomic mass is 10.1. The molecule has 1 aromatic heterocycles. The van der Waals surface area contributed by atoms with Gasteiger partial charge in [-0.1, -0.05) is 23.4 Å². The number of carbonyl (C=O) groups excluding carboxylic acids is 1. The lowest BCUT2D eigenvalue weighted by Crippen LogP contribution is -2.32. The molecule has 1 N–H and O–H groups in total. The molecule has 9 heteroatoms. The van der Waals surface area contributed by atoms with Crippen LogP contribution in [0.3, 0.4) is 0 Å². The first-order valence-electron chi connectivity index (χ1n) is 11.4. The van der Waals surface area contributed by atoms with E-state index in [1.54, 1.807) is 35.2 Å². The van der Waals surface area contributed by atoms with Crippen LogP contribution in [0.2, 0.25) is 0 Å². The molecular formula is C26H27FN2O6. The Morgan fingerprint density at radius 2 is 2.03 bits per heavy atom. The quantitative estimate of drug-likeness (QED) is 0.459. The van der Waals surface area contributed by atoms with Gasteiger partial charge < -0.3 is 24.0 Å². The molecule has 0 aliphatic carbocycles. The molecule has 4 rings (SSSR count). The average Bonchev–Trinajstić information content (AvgIpc) is 3.51. The summed E-state index contributed by atoms with van der Waals surface area (Å²) in [4.78, 5) is 25.7. The second kappa shape index (κ2) is 11.0. The molecule has 2 heterocycles. The molecule has 0 spiro atoms. The molecule has 0 saturated carbocycles. The number of ether oxygens (including phenoxy) is 2. The van der Waals surface area contributed by atoms with E-state index in [0.717, 1.165) is 18.4 Å². The Morgan fingerprint density at radius 3 is 2.80 bits per heavy atom. The van der Waals surface area contributed by atoms with Gasteiger partial charge in [-0.2, -0.15) is 0 Å². The highest BCUT2D eigenvalue weighted by molar-refractivity contribution is 5.79. The number of hydrogen-bond acceptors (Lipinski definition) is 6. The van der Waals surface area contributed by atoms with Crippen molar-refractivity contribution in [2.24, 2.45) is 0 Å². The Morgan fingerprint density at radius 1 is 1.17 bits per heavy atom. The van der Waals surface area contributed by atoms with E-state index < -0.39 is 5.97 Å². The van der Waals surface area contributed by atoms with Crippen LogP contribution < -0.4 is 9.47 Å². The Labute approximate surface area is 202 Å². The molecule has 1 aliphatic rings. The number of rotatable bonds is 10. The predicted molar refractivity (Wildman–Crippen MR) is 124 cm³/mol. The number of carboxylic acid groups (broad SMARTS) is 1. The largest absolute Gasteiger partial charge is 0.493 e. The highest BCUT2D eigenvalue weighted by Gasteiger charge is 2.32.